The lowest BCUT2D eigenvalue weighted by molar-refractivity contribution is -0.384. The van der Waals surface area contributed by atoms with E-state index in [1.807, 2.05) is 0 Å². The van der Waals surface area contributed by atoms with Gasteiger partial charge in [0.1, 0.15) is 0 Å². The van der Waals surface area contributed by atoms with Crippen LogP contribution in [-0.4, -0.2) is 29.3 Å². The molecule has 1 aliphatic rings. The average Bonchev–Trinajstić information content (AvgIpc) is 3.29. The molecule has 0 atom stereocenters. The summed E-state index contributed by atoms with van der Waals surface area (Å²) >= 11 is 0. The number of benzene rings is 1. The fraction of sp³-hybridized carbons (Fsp3) is 0.429. The van der Waals surface area contributed by atoms with Crippen molar-refractivity contribution < 1.29 is 9.34 Å². The number of aryl methyl sites for hydroxylation is 2. The monoisotopic (exact) mass is 346 g/mol. The summed E-state index contributed by atoms with van der Waals surface area (Å²) in [5.41, 5.74) is 0.258. The number of rotatable bonds is 6. The maximum Gasteiger partial charge on any atom is 0.419 e. The number of nitrogens with zero attached hydrogens (tertiary/aromatic N) is 6. The standard InChI is InChI=1S/C14H14N6O5/c21-13-18(15-16-19(13)9-2-3-9)7-1-6-17-11-8-10(20(23)24)4-5-12(11)25-14(17)22/h4-5,8-9H,1-3,6-7H2. The first-order valence-corrected chi connectivity index (χ1v) is 7.84. The molecule has 1 saturated carbocycles. The summed E-state index contributed by atoms with van der Waals surface area (Å²) in [6.07, 6.45) is 2.31. The first-order valence-electron chi connectivity index (χ1n) is 7.84. The van der Waals surface area contributed by atoms with Crippen LogP contribution in [0.2, 0.25) is 0 Å². The van der Waals surface area contributed by atoms with Crippen LogP contribution in [0.15, 0.2) is 32.2 Å². The van der Waals surface area contributed by atoms with E-state index in [2.05, 4.69) is 10.4 Å². The Morgan fingerprint density at radius 2 is 2.04 bits per heavy atom. The van der Waals surface area contributed by atoms with Gasteiger partial charge in [0.05, 0.1) is 16.5 Å². The number of non-ortho nitro benzene ring substituents is 1. The van der Waals surface area contributed by atoms with Crippen molar-refractivity contribution in [2.24, 2.45) is 0 Å². The zero-order chi connectivity index (χ0) is 17.6. The third kappa shape index (κ3) is 2.73. The van der Waals surface area contributed by atoms with E-state index in [4.69, 9.17) is 4.42 Å². The third-order valence-electron chi connectivity index (χ3n) is 4.17. The van der Waals surface area contributed by atoms with Crippen molar-refractivity contribution in [2.75, 3.05) is 0 Å². The number of hydrogen-bond acceptors (Lipinski definition) is 7. The van der Waals surface area contributed by atoms with E-state index < -0.39 is 10.7 Å². The Kier molecular flexibility index (Phi) is 3.48. The lowest BCUT2D eigenvalue weighted by atomic mass is 10.3. The molecular weight excluding hydrogens is 332 g/mol. The second kappa shape index (κ2) is 5.69. The normalized spacial score (nSPS) is 14.2. The van der Waals surface area contributed by atoms with E-state index in [1.165, 1.54) is 32.1 Å². The van der Waals surface area contributed by atoms with Crippen LogP contribution < -0.4 is 11.4 Å². The van der Waals surface area contributed by atoms with Gasteiger partial charge in [0.2, 0.25) is 0 Å². The van der Waals surface area contributed by atoms with Gasteiger partial charge in [-0.1, -0.05) is 0 Å². The van der Waals surface area contributed by atoms with Gasteiger partial charge in [0.25, 0.3) is 5.69 Å². The van der Waals surface area contributed by atoms with Gasteiger partial charge >= 0.3 is 11.4 Å². The molecule has 0 saturated heterocycles. The Bertz CT molecular complexity index is 1070. The fourth-order valence-electron chi connectivity index (χ4n) is 2.73. The van der Waals surface area contributed by atoms with Gasteiger partial charge in [-0.25, -0.2) is 9.59 Å². The van der Waals surface area contributed by atoms with Crippen molar-refractivity contribution in [3.63, 3.8) is 0 Å². The summed E-state index contributed by atoms with van der Waals surface area (Å²) in [5.74, 6) is -0.593. The highest BCUT2D eigenvalue weighted by Crippen LogP contribution is 2.32. The molecule has 0 radical (unpaired) electrons. The molecule has 4 rings (SSSR count). The van der Waals surface area contributed by atoms with Crippen molar-refractivity contribution >= 4 is 16.8 Å². The van der Waals surface area contributed by atoms with E-state index in [9.17, 15) is 19.7 Å². The second-order valence-corrected chi connectivity index (χ2v) is 5.94. The minimum Gasteiger partial charge on any atom is -0.408 e. The van der Waals surface area contributed by atoms with E-state index in [0.717, 1.165) is 12.8 Å². The molecule has 11 heteroatoms. The molecule has 1 aromatic carbocycles. The largest absolute Gasteiger partial charge is 0.419 e. The smallest absolute Gasteiger partial charge is 0.408 e. The average molecular weight is 346 g/mol. The summed E-state index contributed by atoms with van der Waals surface area (Å²) in [4.78, 5) is 34.4. The topological polar surface area (TPSA) is 131 Å². The molecule has 3 aromatic rings. The quantitative estimate of drug-likeness (QED) is 0.473. The van der Waals surface area contributed by atoms with Crippen LogP contribution in [0.25, 0.3) is 11.1 Å². The van der Waals surface area contributed by atoms with Crippen LogP contribution in [0.4, 0.5) is 5.69 Å². The molecule has 130 valence electrons. The Hall–Kier alpha value is -3.24. The number of hydrogen-bond donors (Lipinski definition) is 0. The molecule has 0 amide bonds. The summed E-state index contributed by atoms with van der Waals surface area (Å²) in [6, 6.07) is 4.14. The van der Waals surface area contributed by atoms with Crippen LogP contribution in [0, 0.1) is 10.1 Å². The highest BCUT2D eigenvalue weighted by Gasteiger charge is 2.27. The predicted molar refractivity (Wildman–Crippen MR) is 84.3 cm³/mol. The van der Waals surface area contributed by atoms with Gasteiger partial charge in [-0.05, 0) is 35.8 Å². The first-order chi connectivity index (χ1) is 12.0. The van der Waals surface area contributed by atoms with Crippen LogP contribution in [0.5, 0.6) is 0 Å². The van der Waals surface area contributed by atoms with Crippen LogP contribution in [0.1, 0.15) is 25.3 Å². The number of nitro benzene ring substituents is 1. The molecular formula is C14H14N6O5. The number of nitro groups is 1. The van der Waals surface area contributed by atoms with Gasteiger partial charge in [-0.3, -0.25) is 14.7 Å². The SMILES string of the molecule is O=c1n(CCCn2c(=O)oc3ccc([N+](=O)[O-])cc32)nnn1C1CC1. The number of oxazole rings is 1. The van der Waals surface area contributed by atoms with E-state index >= 15 is 0 Å². The summed E-state index contributed by atoms with van der Waals surface area (Å²) in [5, 5.41) is 18.6. The number of tetrazole rings is 1. The van der Waals surface area contributed by atoms with Crippen molar-refractivity contribution in [3.05, 3.63) is 49.3 Å². The van der Waals surface area contributed by atoms with Gasteiger partial charge in [-0.2, -0.15) is 9.36 Å². The van der Waals surface area contributed by atoms with Gasteiger partial charge < -0.3 is 4.42 Å². The molecule has 25 heavy (non-hydrogen) atoms. The van der Waals surface area contributed by atoms with E-state index in [1.54, 1.807) is 0 Å². The maximum atomic E-state index is 12.1. The van der Waals surface area contributed by atoms with Crippen molar-refractivity contribution in [3.8, 4) is 0 Å². The highest BCUT2D eigenvalue weighted by atomic mass is 16.6. The molecule has 0 unspecified atom stereocenters. The minimum atomic E-state index is -0.593. The van der Waals surface area contributed by atoms with Crippen molar-refractivity contribution in [2.45, 2.75) is 38.4 Å². The van der Waals surface area contributed by atoms with E-state index in [0.29, 0.717) is 18.5 Å². The van der Waals surface area contributed by atoms with Crippen molar-refractivity contribution in [1.29, 1.82) is 0 Å². The van der Waals surface area contributed by atoms with Crippen LogP contribution >= 0.6 is 0 Å². The molecule has 0 bridgehead atoms. The maximum absolute atomic E-state index is 12.1. The van der Waals surface area contributed by atoms with E-state index in [-0.39, 0.29) is 29.5 Å². The highest BCUT2D eigenvalue weighted by molar-refractivity contribution is 5.75. The lowest BCUT2D eigenvalue weighted by Crippen LogP contribution is -2.25. The fourth-order valence-corrected chi connectivity index (χ4v) is 2.73. The Morgan fingerprint density at radius 1 is 1.24 bits per heavy atom. The summed E-state index contributed by atoms with van der Waals surface area (Å²) in [7, 11) is 0. The van der Waals surface area contributed by atoms with Crippen molar-refractivity contribution in [1.82, 2.24) is 24.4 Å². The Morgan fingerprint density at radius 3 is 2.76 bits per heavy atom. The Balaban J connectivity index is 1.53. The number of aromatic nitrogens is 5. The number of fused-ring (bicyclic) bond motifs is 1. The van der Waals surface area contributed by atoms with Gasteiger partial charge in [0.15, 0.2) is 5.58 Å². The van der Waals surface area contributed by atoms with Gasteiger partial charge in [-0.15, -0.1) is 0 Å². The molecule has 2 aromatic heterocycles. The zero-order valence-corrected chi connectivity index (χ0v) is 13.1. The lowest BCUT2D eigenvalue weighted by Gasteiger charge is -2.02. The Labute approximate surface area is 139 Å². The molecule has 0 aliphatic heterocycles. The van der Waals surface area contributed by atoms with Crippen LogP contribution in [-0.2, 0) is 13.1 Å². The first kappa shape index (κ1) is 15.3. The molecule has 1 fully saturated rings. The predicted octanol–water partition coefficient (Wildman–Crippen LogP) is 0.681. The third-order valence-corrected chi connectivity index (χ3v) is 4.17. The molecule has 0 spiro atoms. The van der Waals surface area contributed by atoms with Crippen LogP contribution in [0.3, 0.4) is 0 Å². The summed E-state index contributed by atoms with van der Waals surface area (Å²) < 4.78 is 9.04. The van der Waals surface area contributed by atoms with Gasteiger partial charge in [0, 0.05) is 25.2 Å². The zero-order valence-electron chi connectivity index (χ0n) is 13.1. The molecule has 2 heterocycles. The molecule has 11 nitrogen and oxygen atoms in total. The minimum absolute atomic E-state index is 0.120. The molecule has 0 N–H and O–H groups in total. The second-order valence-electron chi connectivity index (χ2n) is 5.94. The summed E-state index contributed by atoms with van der Waals surface area (Å²) in [6.45, 7) is 0.537. The molecule has 1 aliphatic carbocycles.